The number of ether oxygens (including phenoxy) is 2. The number of carbonyl (C=O) groups is 1. The lowest BCUT2D eigenvalue weighted by Gasteiger charge is -2.17. The Kier molecular flexibility index (Phi) is 6.12. The molecule has 9 nitrogen and oxygen atoms in total. The Labute approximate surface area is 190 Å². The van der Waals surface area contributed by atoms with Crippen LogP contribution in [0.15, 0.2) is 59.5 Å². The van der Waals surface area contributed by atoms with Gasteiger partial charge in [-0.05, 0) is 36.2 Å². The van der Waals surface area contributed by atoms with Crippen LogP contribution in [0, 0.1) is 0 Å². The Hall–Kier alpha value is -4.14. The van der Waals surface area contributed by atoms with E-state index in [9.17, 15) is 9.59 Å². The van der Waals surface area contributed by atoms with E-state index in [-0.39, 0.29) is 0 Å². The minimum Gasteiger partial charge on any atom is -0.497 e. The van der Waals surface area contributed by atoms with Crippen molar-refractivity contribution in [3.63, 3.8) is 0 Å². The molecule has 170 valence electrons. The molecular weight excluding hydrogens is 422 g/mol. The van der Waals surface area contributed by atoms with Crippen LogP contribution in [0.2, 0.25) is 0 Å². The molecule has 0 saturated heterocycles. The van der Waals surface area contributed by atoms with Crippen molar-refractivity contribution in [1.82, 2.24) is 24.0 Å². The number of imidazole rings is 1. The topological polar surface area (TPSA) is 91.5 Å². The Morgan fingerprint density at radius 2 is 1.79 bits per heavy atom. The highest BCUT2D eigenvalue weighted by Crippen LogP contribution is 2.22. The molecule has 2 aromatic carbocycles. The van der Waals surface area contributed by atoms with Gasteiger partial charge in [0.1, 0.15) is 17.0 Å². The van der Waals surface area contributed by atoms with Crippen LogP contribution in [-0.4, -0.2) is 57.8 Å². The second kappa shape index (κ2) is 9.15. The number of amides is 1. The molecule has 0 atom stereocenters. The quantitative estimate of drug-likeness (QED) is 0.451. The Bertz CT molecular complexity index is 1360. The van der Waals surface area contributed by atoms with Gasteiger partial charge in [0.15, 0.2) is 11.5 Å². The van der Waals surface area contributed by atoms with Crippen LogP contribution in [0.4, 0.5) is 4.79 Å². The molecule has 0 aliphatic heterocycles. The molecule has 33 heavy (non-hydrogen) atoms. The van der Waals surface area contributed by atoms with Crippen molar-refractivity contribution < 1.29 is 14.3 Å². The number of benzene rings is 2. The normalized spacial score (nSPS) is 10.9. The zero-order valence-electron chi connectivity index (χ0n) is 19.0. The first kappa shape index (κ1) is 22.1. The van der Waals surface area contributed by atoms with Crippen molar-refractivity contribution in [3.05, 3.63) is 70.8 Å². The van der Waals surface area contributed by atoms with Crippen molar-refractivity contribution in [2.45, 2.75) is 6.42 Å². The summed E-state index contributed by atoms with van der Waals surface area (Å²) < 4.78 is 12.9. The summed E-state index contributed by atoms with van der Waals surface area (Å²) in [4.78, 5) is 36.5. The highest BCUT2D eigenvalue weighted by Gasteiger charge is 2.22. The molecule has 0 aliphatic carbocycles. The van der Waals surface area contributed by atoms with E-state index in [1.807, 2.05) is 48.5 Å². The number of nitrogens with zero attached hydrogens (tertiary/aromatic N) is 5. The number of hydrogen-bond acceptors (Lipinski definition) is 6. The summed E-state index contributed by atoms with van der Waals surface area (Å²) in [6.45, 7) is 0.441. The highest BCUT2D eigenvalue weighted by molar-refractivity contribution is 5.88. The number of fused-ring (bicyclic) bond motifs is 1. The summed E-state index contributed by atoms with van der Waals surface area (Å²) in [5.41, 5.74) is 2.08. The van der Waals surface area contributed by atoms with Crippen molar-refractivity contribution in [3.8, 4) is 22.9 Å². The maximum atomic E-state index is 13.1. The molecule has 0 saturated carbocycles. The lowest BCUT2D eigenvalue weighted by Crippen LogP contribution is -2.38. The SMILES string of the molecule is COc1ccc(CCN(C)C(=O)n2c(=O)n(C)c3nc(-c4cccc(OC)c4)ncc32)cc1. The van der Waals surface area contributed by atoms with Gasteiger partial charge < -0.3 is 14.4 Å². The van der Waals surface area contributed by atoms with E-state index in [1.165, 1.54) is 15.7 Å². The fourth-order valence-electron chi connectivity index (χ4n) is 3.56. The van der Waals surface area contributed by atoms with Crippen LogP contribution in [0.3, 0.4) is 0 Å². The lowest BCUT2D eigenvalue weighted by atomic mass is 10.1. The average molecular weight is 447 g/mol. The third-order valence-corrected chi connectivity index (χ3v) is 5.53. The molecular formula is C24H25N5O4. The van der Waals surface area contributed by atoms with Gasteiger partial charge in [0.2, 0.25) is 0 Å². The summed E-state index contributed by atoms with van der Waals surface area (Å²) in [5, 5.41) is 0. The average Bonchev–Trinajstić information content (AvgIpc) is 3.11. The molecule has 2 aromatic heterocycles. The first-order chi connectivity index (χ1) is 15.9. The molecule has 2 heterocycles. The van der Waals surface area contributed by atoms with Gasteiger partial charge in [0.05, 0.1) is 20.4 Å². The third kappa shape index (κ3) is 4.30. The number of likely N-dealkylation sites (N-methyl/N-ethyl adjacent to an activating group) is 1. The smallest absolute Gasteiger partial charge is 0.338 e. The number of methoxy groups -OCH3 is 2. The van der Waals surface area contributed by atoms with Gasteiger partial charge in [-0.2, -0.15) is 0 Å². The van der Waals surface area contributed by atoms with E-state index >= 15 is 0 Å². The van der Waals surface area contributed by atoms with Crippen molar-refractivity contribution in [2.75, 3.05) is 27.8 Å². The van der Waals surface area contributed by atoms with Crippen molar-refractivity contribution in [2.24, 2.45) is 7.05 Å². The maximum Gasteiger partial charge on any atom is 0.338 e. The zero-order valence-corrected chi connectivity index (χ0v) is 19.0. The van der Waals surface area contributed by atoms with Gasteiger partial charge in [-0.3, -0.25) is 4.57 Å². The van der Waals surface area contributed by atoms with Crippen LogP contribution in [0.25, 0.3) is 22.6 Å². The molecule has 0 fully saturated rings. The Balaban J connectivity index is 1.60. The molecule has 0 unspecified atom stereocenters. The minimum atomic E-state index is -0.469. The predicted octanol–water partition coefficient (Wildman–Crippen LogP) is 2.96. The zero-order chi connectivity index (χ0) is 23.5. The van der Waals surface area contributed by atoms with E-state index in [4.69, 9.17) is 9.47 Å². The Morgan fingerprint density at radius 3 is 2.48 bits per heavy atom. The predicted molar refractivity (Wildman–Crippen MR) is 125 cm³/mol. The van der Waals surface area contributed by atoms with Crippen LogP contribution in [-0.2, 0) is 13.5 Å². The van der Waals surface area contributed by atoms with Crippen LogP contribution < -0.4 is 15.2 Å². The summed E-state index contributed by atoms with van der Waals surface area (Å²) in [6.07, 6.45) is 2.15. The van der Waals surface area contributed by atoms with Gasteiger partial charge >= 0.3 is 11.7 Å². The first-order valence-corrected chi connectivity index (χ1v) is 10.4. The van der Waals surface area contributed by atoms with Gasteiger partial charge in [0.25, 0.3) is 0 Å². The van der Waals surface area contributed by atoms with Crippen LogP contribution >= 0.6 is 0 Å². The largest absolute Gasteiger partial charge is 0.497 e. The molecule has 0 spiro atoms. The lowest BCUT2D eigenvalue weighted by molar-refractivity contribution is 0.211. The molecule has 0 N–H and O–H groups in total. The van der Waals surface area contributed by atoms with Gasteiger partial charge in [0, 0.05) is 26.2 Å². The molecule has 0 radical (unpaired) electrons. The number of aryl methyl sites for hydroxylation is 1. The monoisotopic (exact) mass is 447 g/mol. The second-order valence-electron chi connectivity index (χ2n) is 7.61. The van der Waals surface area contributed by atoms with Gasteiger partial charge in [-0.25, -0.2) is 24.1 Å². The van der Waals surface area contributed by atoms with Crippen LogP contribution in [0.5, 0.6) is 11.5 Å². The molecule has 0 aliphatic rings. The van der Waals surface area contributed by atoms with E-state index < -0.39 is 11.7 Å². The highest BCUT2D eigenvalue weighted by atomic mass is 16.5. The number of hydrogen-bond donors (Lipinski definition) is 0. The number of carbonyl (C=O) groups excluding carboxylic acids is 1. The minimum absolute atomic E-state index is 0.357. The summed E-state index contributed by atoms with van der Waals surface area (Å²) in [6, 6.07) is 14.6. The summed E-state index contributed by atoms with van der Waals surface area (Å²) in [7, 11) is 6.47. The van der Waals surface area contributed by atoms with E-state index in [0.29, 0.717) is 35.7 Å². The van der Waals surface area contributed by atoms with Gasteiger partial charge in [-0.15, -0.1) is 0 Å². The molecule has 9 heteroatoms. The summed E-state index contributed by atoms with van der Waals surface area (Å²) in [5.74, 6) is 1.89. The maximum absolute atomic E-state index is 13.1. The molecule has 4 rings (SSSR count). The van der Waals surface area contributed by atoms with Crippen LogP contribution in [0.1, 0.15) is 5.56 Å². The molecule has 4 aromatic rings. The first-order valence-electron chi connectivity index (χ1n) is 10.4. The van der Waals surface area contributed by atoms with E-state index in [1.54, 1.807) is 28.3 Å². The van der Waals surface area contributed by atoms with Crippen molar-refractivity contribution >= 4 is 17.2 Å². The summed E-state index contributed by atoms with van der Waals surface area (Å²) >= 11 is 0. The third-order valence-electron chi connectivity index (χ3n) is 5.53. The molecule has 0 bridgehead atoms. The number of aromatic nitrogens is 4. The fraction of sp³-hybridized carbons (Fsp3) is 0.250. The standard InChI is InChI=1S/C24H25N5O4/c1-27(13-12-16-8-10-18(32-3)11-9-16)23(30)29-20-15-25-21(26-22(20)28(2)24(29)31)17-6-5-7-19(14-17)33-4/h5-11,14-15H,12-13H2,1-4H3. The second-order valence-corrected chi connectivity index (χ2v) is 7.61. The number of rotatable bonds is 6. The van der Waals surface area contributed by atoms with Crippen molar-refractivity contribution in [1.29, 1.82) is 0 Å². The van der Waals surface area contributed by atoms with E-state index in [2.05, 4.69) is 9.97 Å². The van der Waals surface area contributed by atoms with E-state index in [0.717, 1.165) is 21.4 Å². The molecule has 1 amide bonds. The fourth-order valence-corrected chi connectivity index (χ4v) is 3.56. The van der Waals surface area contributed by atoms with Gasteiger partial charge in [-0.1, -0.05) is 24.3 Å². The Morgan fingerprint density at radius 1 is 1.06 bits per heavy atom.